The standard InChI is InChI=1S/C17H34N2O/c1-3-11-20-12-10-19-14-17(18-13-16(19)4-2)15-8-6-5-7-9-15/h15-18H,3-14H2,1-2H3. The van der Waals surface area contributed by atoms with E-state index in [0.717, 1.165) is 38.1 Å². The Kier molecular flexibility index (Phi) is 7.32. The van der Waals surface area contributed by atoms with Gasteiger partial charge in [0.2, 0.25) is 0 Å². The highest BCUT2D eigenvalue weighted by molar-refractivity contribution is 4.90. The van der Waals surface area contributed by atoms with Crippen molar-refractivity contribution in [2.45, 2.75) is 70.9 Å². The van der Waals surface area contributed by atoms with E-state index in [0.29, 0.717) is 6.04 Å². The van der Waals surface area contributed by atoms with Crippen LogP contribution >= 0.6 is 0 Å². The summed E-state index contributed by atoms with van der Waals surface area (Å²) in [5, 5.41) is 3.84. The number of hydrogen-bond donors (Lipinski definition) is 1. The largest absolute Gasteiger partial charge is 0.380 e. The zero-order valence-electron chi connectivity index (χ0n) is 13.6. The Morgan fingerprint density at radius 2 is 1.90 bits per heavy atom. The fourth-order valence-corrected chi connectivity index (χ4v) is 3.84. The highest BCUT2D eigenvalue weighted by atomic mass is 16.5. The van der Waals surface area contributed by atoms with Crippen LogP contribution in [0.1, 0.15) is 58.8 Å². The van der Waals surface area contributed by atoms with Crippen molar-refractivity contribution in [1.82, 2.24) is 10.2 Å². The van der Waals surface area contributed by atoms with Gasteiger partial charge in [0.15, 0.2) is 0 Å². The number of nitrogens with one attached hydrogen (secondary N) is 1. The second-order valence-corrected chi connectivity index (χ2v) is 6.58. The Morgan fingerprint density at radius 3 is 2.60 bits per heavy atom. The first-order valence-electron chi connectivity index (χ1n) is 8.90. The van der Waals surface area contributed by atoms with Crippen molar-refractivity contribution in [3.05, 3.63) is 0 Å². The molecule has 2 aliphatic rings. The molecule has 1 saturated carbocycles. The van der Waals surface area contributed by atoms with Crippen LogP contribution in [0, 0.1) is 5.92 Å². The van der Waals surface area contributed by atoms with Gasteiger partial charge in [-0.2, -0.15) is 0 Å². The van der Waals surface area contributed by atoms with Crippen molar-refractivity contribution in [1.29, 1.82) is 0 Å². The van der Waals surface area contributed by atoms with E-state index < -0.39 is 0 Å². The molecule has 20 heavy (non-hydrogen) atoms. The number of rotatable bonds is 7. The van der Waals surface area contributed by atoms with Crippen LogP contribution in [0.2, 0.25) is 0 Å². The number of hydrogen-bond acceptors (Lipinski definition) is 3. The van der Waals surface area contributed by atoms with E-state index in [1.165, 1.54) is 51.6 Å². The molecule has 2 unspecified atom stereocenters. The third-order valence-electron chi connectivity index (χ3n) is 5.12. The second kappa shape index (κ2) is 9.01. The van der Waals surface area contributed by atoms with E-state index in [9.17, 15) is 0 Å². The number of piperazine rings is 1. The molecule has 1 aliphatic carbocycles. The SMILES string of the molecule is CCCOCCN1CC(C2CCCCC2)NCC1CC. The molecule has 1 saturated heterocycles. The first-order valence-corrected chi connectivity index (χ1v) is 8.90. The minimum absolute atomic E-state index is 0.708. The summed E-state index contributed by atoms with van der Waals surface area (Å²) < 4.78 is 5.70. The lowest BCUT2D eigenvalue weighted by molar-refractivity contribution is 0.0510. The van der Waals surface area contributed by atoms with Gasteiger partial charge >= 0.3 is 0 Å². The van der Waals surface area contributed by atoms with Crippen LogP contribution in [0.5, 0.6) is 0 Å². The predicted octanol–water partition coefficient (Wildman–Crippen LogP) is 3.05. The van der Waals surface area contributed by atoms with Crippen molar-refractivity contribution < 1.29 is 4.74 Å². The Bertz CT molecular complexity index is 253. The molecule has 0 aromatic rings. The zero-order valence-corrected chi connectivity index (χ0v) is 13.6. The van der Waals surface area contributed by atoms with Crippen LogP contribution in [-0.2, 0) is 4.74 Å². The molecule has 1 heterocycles. The fraction of sp³-hybridized carbons (Fsp3) is 1.00. The Labute approximate surface area is 125 Å². The minimum Gasteiger partial charge on any atom is -0.380 e. The Morgan fingerprint density at radius 1 is 1.10 bits per heavy atom. The lowest BCUT2D eigenvalue weighted by Crippen LogP contribution is -2.59. The van der Waals surface area contributed by atoms with Gasteiger partial charge in [-0.1, -0.05) is 33.1 Å². The molecule has 0 bridgehead atoms. The van der Waals surface area contributed by atoms with Gasteiger partial charge in [0.05, 0.1) is 6.61 Å². The van der Waals surface area contributed by atoms with Gasteiger partial charge in [0.1, 0.15) is 0 Å². The molecular formula is C17H34N2O. The maximum atomic E-state index is 5.70. The Balaban J connectivity index is 1.79. The summed E-state index contributed by atoms with van der Waals surface area (Å²) >= 11 is 0. The van der Waals surface area contributed by atoms with Gasteiger partial charge in [-0.25, -0.2) is 0 Å². The number of nitrogens with zero attached hydrogens (tertiary/aromatic N) is 1. The average Bonchev–Trinajstić information content (AvgIpc) is 2.52. The van der Waals surface area contributed by atoms with E-state index in [1.807, 2.05) is 0 Å². The van der Waals surface area contributed by atoms with Gasteiger partial charge in [0.25, 0.3) is 0 Å². The summed E-state index contributed by atoms with van der Waals surface area (Å²) in [6.07, 6.45) is 9.60. The van der Waals surface area contributed by atoms with Crippen LogP contribution < -0.4 is 5.32 Å². The molecule has 3 heteroatoms. The lowest BCUT2D eigenvalue weighted by atomic mass is 9.82. The van der Waals surface area contributed by atoms with E-state index in [2.05, 4.69) is 24.1 Å². The molecule has 118 valence electrons. The topological polar surface area (TPSA) is 24.5 Å². The van der Waals surface area contributed by atoms with Gasteiger partial charge in [-0.15, -0.1) is 0 Å². The highest BCUT2D eigenvalue weighted by Gasteiger charge is 2.31. The quantitative estimate of drug-likeness (QED) is 0.726. The molecule has 0 aromatic carbocycles. The van der Waals surface area contributed by atoms with Crippen LogP contribution in [0.4, 0.5) is 0 Å². The van der Waals surface area contributed by atoms with Crippen LogP contribution in [0.25, 0.3) is 0 Å². The molecule has 2 fully saturated rings. The maximum Gasteiger partial charge on any atom is 0.0593 e. The molecule has 0 radical (unpaired) electrons. The molecule has 1 N–H and O–H groups in total. The third-order valence-corrected chi connectivity index (χ3v) is 5.12. The zero-order chi connectivity index (χ0) is 14.2. The van der Waals surface area contributed by atoms with Crippen molar-refractivity contribution in [2.24, 2.45) is 5.92 Å². The van der Waals surface area contributed by atoms with E-state index in [1.54, 1.807) is 0 Å². The molecule has 0 spiro atoms. The fourth-order valence-electron chi connectivity index (χ4n) is 3.84. The Hall–Kier alpha value is -0.120. The first-order chi connectivity index (χ1) is 9.85. The summed E-state index contributed by atoms with van der Waals surface area (Å²) in [6.45, 7) is 9.83. The minimum atomic E-state index is 0.708. The van der Waals surface area contributed by atoms with Crippen molar-refractivity contribution in [3.8, 4) is 0 Å². The van der Waals surface area contributed by atoms with Crippen LogP contribution in [0.3, 0.4) is 0 Å². The summed E-state index contributed by atoms with van der Waals surface area (Å²) in [6, 6.07) is 1.43. The molecule has 0 amide bonds. The number of ether oxygens (including phenoxy) is 1. The van der Waals surface area contributed by atoms with E-state index >= 15 is 0 Å². The summed E-state index contributed by atoms with van der Waals surface area (Å²) in [5.41, 5.74) is 0. The monoisotopic (exact) mass is 282 g/mol. The van der Waals surface area contributed by atoms with Gasteiger partial charge in [0, 0.05) is 38.3 Å². The van der Waals surface area contributed by atoms with Crippen LogP contribution in [0.15, 0.2) is 0 Å². The average molecular weight is 282 g/mol. The summed E-state index contributed by atoms with van der Waals surface area (Å²) in [4.78, 5) is 2.69. The summed E-state index contributed by atoms with van der Waals surface area (Å²) in [7, 11) is 0. The van der Waals surface area contributed by atoms with E-state index in [4.69, 9.17) is 4.74 Å². The first kappa shape index (κ1) is 16.3. The predicted molar refractivity (Wildman–Crippen MR) is 85.1 cm³/mol. The summed E-state index contributed by atoms with van der Waals surface area (Å²) in [5.74, 6) is 0.917. The van der Waals surface area contributed by atoms with Gasteiger partial charge < -0.3 is 10.1 Å². The molecule has 3 nitrogen and oxygen atoms in total. The van der Waals surface area contributed by atoms with Crippen molar-refractivity contribution in [2.75, 3.05) is 32.8 Å². The van der Waals surface area contributed by atoms with E-state index in [-0.39, 0.29) is 0 Å². The molecule has 1 aliphatic heterocycles. The van der Waals surface area contributed by atoms with Gasteiger partial charge in [-0.3, -0.25) is 4.90 Å². The van der Waals surface area contributed by atoms with Gasteiger partial charge in [-0.05, 0) is 31.6 Å². The lowest BCUT2D eigenvalue weighted by Gasteiger charge is -2.43. The van der Waals surface area contributed by atoms with Crippen LogP contribution in [-0.4, -0.2) is 49.8 Å². The third kappa shape index (κ3) is 4.71. The normalized spacial score (nSPS) is 29.7. The smallest absolute Gasteiger partial charge is 0.0593 e. The molecule has 2 rings (SSSR count). The molecular weight excluding hydrogens is 248 g/mol. The van der Waals surface area contributed by atoms with Crippen molar-refractivity contribution in [3.63, 3.8) is 0 Å². The molecule has 2 atom stereocenters. The second-order valence-electron chi connectivity index (χ2n) is 6.58. The highest BCUT2D eigenvalue weighted by Crippen LogP contribution is 2.28. The van der Waals surface area contributed by atoms with Crippen molar-refractivity contribution >= 4 is 0 Å². The maximum absolute atomic E-state index is 5.70. The molecule has 0 aromatic heterocycles.